The lowest BCUT2D eigenvalue weighted by Crippen LogP contribution is -2.53. The van der Waals surface area contributed by atoms with E-state index in [1.165, 1.54) is 4.90 Å². The number of carbonyl (C=O) groups excluding carboxylic acids is 4. The number of anilines is 1. The Morgan fingerprint density at radius 2 is 1.97 bits per heavy atom. The number of piperidine rings is 1. The van der Waals surface area contributed by atoms with E-state index in [-0.39, 0.29) is 18.2 Å². The summed E-state index contributed by atoms with van der Waals surface area (Å²) in [5.41, 5.74) is 1.79. The minimum atomic E-state index is -0.695. The minimum Gasteiger partial charge on any atom is -0.444 e. The third kappa shape index (κ3) is 4.17. The van der Waals surface area contributed by atoms with E-state index in [9.17, 15) is 19.2 Å². The molecule has 0 spiro atoms. The molecule has 8 heteroatoms. The summed E-state index contributed by atoms with van der Waals surface area (Å²) in [5, 5.41) is 6.89. The lowest BCUT2D eigenvalue weighted by Gasteiger charge is -2.30. The molecular weight excluding hydrogens is 410 g/mol. The van der Waals surface area contributed by atoms with Crippen LogP contribution in [0.25, 0.3) is 10.8 Å². The van der Waals surface area contributed by atoms with Gasteiger partial charge in [-0.3, -0.25) is 24.6 Å². The fourth-order valence-corrected chi connectivity index (χ4v) is 4.31. The molecule has 1 fully saturated rings. The predicted octanol–water partition coefficient (Wildman–Crippen LogP) is 3.06. The fourth-order valence-electron chi connectivity index (χ4n) is 4.31. The van der Waals surface area contributed by atoms with Crippen LogP contribution in [-0.2, 0) is 20.7 Å². The molecule has 1 atom stereocenters. The minimum absolute atomic E-state index is 0.211. The van der Waals surface area contributed by atoms with E-state index in [0.717, 1.165) is 16.3 Å². The second-order valence-electron chi connectivity index (χ2n) is 9.15. The van der Waals surface area contributed by atoms with Gasteiger partial charge in [-0.15, -0.1) is 0 Å². The molecule has 0 saturated carbocycles. The molecule has 4 rings (SSSR count). The van der Waals surface area contributed by atoms with Crippen molar-refractivity contribution in [3.8, 4) is 0 Å². The fraction of sp³-hybridized carbons (Fsp3) is 0.417. The molecule has 1 unspecified atom stereocenters. The van der Waals surface area contributed by atoms with Gasteiger partial charge >= 0.3 is 6.09 Å². The molecule has 2 N–H and O–H groups in total. The van der Waals surface area contributed by atoms with Crippen LogP contribution in [0, 0.1) is 0 Å². The first-order valence-electron chi connectivity index (χ1n) is 10.8. The summed E-state index contributed by atoms with van der Waals surface area (Å²) >= 11 is 0. The van der Waals surface area contributed by atoms with Crippen molar-refractivity contribution in [2.45, 2.75) is 58.1 Å². The van der Waals surface area contributed by atoms with Crippen LogP contribution < -0.4 is 15.5 Å². The summed E-state index contributed by atoms with van der Waals surface area (Å²) in [6.07, 6.45) is 1.50. The molecular formula is C24H27N3O5. The zero-order chi connectivity index (χ0) is 23.0. The van der Waals surface area contributed by atoms with E-state index in [1.54, 1.807) is 6.07 Å². The van der Waals surface area contributed by atoms with Gasteiger partial charge in [0, 0.05) is 23.9 Å². The van der Waals surface area contributed by atoms with Crippen molar-refractivity contribution < 1.29 is 23.9 Å². The number of amides is 4. The number of carbonyl (C=O) groups is 4. The highest BCUT2D eigenvalue weighted by molar-refractivity contribution is 6.27. The molecule has 2 aromatic carbocycles. The monoisotopic (exact) mass is 437 g/mol. The van der Waals surface area contributed by atoms with Crippen LogP contribution in [0.2, 0.25) is 0 Å². The third-order valence-corrected chi connectivity index (χ3v) is 5.63. The van der Waals surface area contributed by atoms with Crippen molar-refractivity contribution in [2.75, 3.05) is 11.4 Å². The van der Waals surface area contributed by atoms with E-state index in [0.29, 0.717) is 37.1 Å². The van der Waals surface area contributed by atoms with Crippen molar-refractivity contribution in [3.05, 3.63) is 41.5 Å². The zero-order valence-electron chi connectivity index (χ0n) is 18.5. The van der Waals surface area contributed by atoms with Gasteiger partial charge in [0.2, 0.25) is 11.8 Å². The molecule has 168 valence electrons. The molecule has 0 radical (unpaired) electrons. The number of hydrogen-bond donors (Lipinski definition) is 2. The van der Waals surface area contributed by atoms with Crippen molar-refractivity contribution in [1.29, 1.82) is 0 Å². The highest BCUT2D eigenvalue weighted by Crippen LogP contribution is 2.41. The summed E-state index contributed by atoms with van der Waals surface area (Å²) in [6, 6.07) is 8.73. The number of nitrogens with one attached hydrogen (secondary N) is 2. The Labute approximate surface area is 186 Å². The van der Waals surface area contributed by atoms with Crippen LogP contribution in [-0.4, -0.2) is 42.0 Å². The van der Waals surface area contributed by atoms with Crippen LogP contribution in [0.1, 0.15) is 56.0 Å². The average Bonchev–Trinajstić information content (AvgIpc) is 2.99. The summed E-state index contributed by atoms with van der Waals surface area (Å²) in [6.45, 7) is 5.93. The van der Waals surface area contributed by atoms with E-state index in [4.69, 9.17) is 4.74 Å². The van der Waals surface area contributed by atoms with Gasteiger partial charge in [0.15, 0.2) is 0 Å². The van der Waals surface area contributed by atoms with Gasteiger partial charge in [-0.1, -0.05) is 18.2 Å². The Bertz CT molecular complexity index is 1120. The van der Waals surface area contributed by atoms with Gasteiger partial charge in [-0.25, -0.2) is 4.79 Å². The van der Waals surface area contributed by atoms with Crippen LogP contribution >= 0.6 is 0 Å². The number of ether oxygens (including phenoxy) is 1. The number of rotatable bonds is 5. The first kappa shape index (κ1) is 21.8. The SMILES string of the molecule is CC(C)(C)OC(=O)NCCCc1ccc2c3c(cccc13)N(C1CCC(=O)NC1=O)C2=O. The number of hydrogen-bond acceptors (Lipinski definition) is 5. The van der Waals surface area contributed by atoms with Crippen molar-refractivity contribution in [3.63, 3.8) is 0 Å². The standard InChI is InChI=1S/C24H27N3O5/c1-24(2,3)32-23(31)25-13-5-6-14-9-10-16-20-15(14)7-4-8-17(20)27(22(16)30)18-11-12-19(28)26-21(18)29/h4,7-10,18H,5-6,11-13H2,1-3H3,(H,25,31)(H,26,28,29). The van der Waals surface area contributed by atoms with Crippen molar-refractivity contribution in [1.82, 2.24) is 10.6 Å². The lowest BCUT2D eigenvalue weighted by molar-refractivity contribution is -0.134. The summed E-state index contributed by atoms with van der Waals surface area (Å²) < 4.78 is 5.25. The Balaban J connectivity index is 1.52. The second-order valence-corrected chi connectivity index (χ2v) is 9.15. The molecule has 2 heterocycles. The largest absolute Gasteiger partial charge is 0.444 e. The van der Waals surface area contributed by atoms with Gasteiger partial charge in [0.25, 0.3) is 5.91 Å². The zero-order valence-corrected chi connectivity index (χ0v) is 18.5. The molecule has 2 aliphatic heterocycles. The average molecular weight is 437 g/mol. The predicted molar refractivity (Wildman–Crippen MR) is 119 cm³/mol. The van der Waals surface area contributed by atoms with Gasteiger partial charge in [0.1, 0.15) is 11.6 Å². The maximum Gasteiger partial charge on any atom is 0.407 e. The van der Waals surface area contributed by atoms with E-state index in [2.05, 4.69) is 10.6 Å². The number of benzene rings is 2. The molecule has 2 aromatic rings. The van der Waals surface area contributed by atoms with E-state index >= 15 is 0 Å². The Morgan fingerprint density at radius 3 is 2.69 bits per heavy atom. The highest BCUT2D eigenvalue weighted by atomic mass is 16.6. The number of nitrogens with zero attached hydrogens (tertiary/aromatic N) is 1. The molecule has 32 heavy (non-hydrogen) atoms. The second kappa shape index (κ2) is 8.26. The molecule has 0 aromatic heterocycles. The normalized spacial score (nSPS) is 18.2. The summed E-state index contributed by atoms with van der Waals surface area (Å²) in [5.74, 6) is -0.965. The molecule has 2 aliphatic rings. The quantitative estimate of drug-likeness (QED) is 0.553. The topological polar surface area (TPSA) is 105 Å². The first-order valence-corrected chi connectivity index (χ1v) is 10.8. The summed E-state index contributed by atoms with van der Waals surface area (Å²) in [4.78, 5) is 50.5. The van der Waals surface area contributed by atoms with Crippen LogP contribution in [0.5, 0.6) is 0 Å². The maximum atomic E-state index is 13.2. The first-order chi connectivity index (χ1) is 15.2. The molecule has 1 saturated heterocycles. The van der Waals surface area contributed by atoms with Crippen LogP contribution in [0.15, 0.2) is 30.3 Å². The molecule has 4 amide bonds. The maximum absolute atomic E-state index is 13.2. The van der Waals surface area contributed by atoms with Gasteiger partial charge < -0.3 is 10.1 Å². The highest BCUT2D eigenvalue weighted by Gasteiger charge is 2.40. The van der Waals surface area contributed by atoms with Crippen LogP contribution in [0.3, 0.4) is 0 Å². The molecule has 8 nitrogen and oxygen atoms in total. The molecule has 0 bridgehead atoms. The number of aryl methyl sites for hydroxylation is 1. The van der Waals surface area contributed by atoms with Gasteiger partial charge in [-0.2, -0.15) is 0 Å². The van der Waals surface area contributed by atoms with Gasteiger partial charge in [0.05, 0.1) is 5.69 Å². The van der Waals surface area contributed by atoms with E-state index < -0.39 is 23.6 Å². The number of alkyl carbamates (subject to hydrolysis) is 1. The Kier molecular flexibility index (Phi) is 5.62. The van der Waals surface area contributed by atoms with Gasteiger partial charge in [-0.05, 0) is 63.1 Å². The lowest BCUT2D eigenvalue weighted by atomic mass is 9.97. The Hall–Kier alpha value is -3.42. The Morgan fingerprint density at radius 1 is 1.19 bits per heavy atom. The third-order valence-electron chi connectivity index (χ3n) is 5.63. The summed E-state index contributed by atoms with van der Waals surface area (Å²) in [7, 11) is 0. The van der Waals surface area contributed by atoms with Crippen LogP contribution in [0.4, 0.5) is 10.5 Å². The van der Waals surface area contributed by atoms with E-state index in [1.807, 2.05) is 45.0 Å². The van der Waals surface area contributed by atoms with Crippen molar-refractivity contribution in [2.24, 2.45) is 0 Å². The molecule has 0 aliphatic carbocycles. The smallest absolute Gasteiger partial charge is 0.407 e. The van der Waals surface area contributed by atoms with Crippen molar-refractivity contribution >= 4 is 40.3 Å². The number of imide groups is 1.